The van der Waals surface area contributed by atoms with Crippen LogP contribution in [0.3, 0.4) is 0 Å². The van der Waals surface area contributed by atoms with Crippen LogP contribution in [0.1, 0.15) is 40.3 Å². The predicted octanol–water partition coefficient (Wildman–Crippen LogP) is 6.99. The van der Waals surface area contributed by atoms with Gasteiger partial charge in [0.25, 0.3) is 0 Å². The van der Waals surface area contributed by atoms with Crippen LogP contribution in [0, 0.1) is 20.8 Å². The third-order valence-corrected chi connectivity index (χ3v) is 7.45. The molecule has 4 aromatic rings. The third-order valence-electron chi connectivity index (χ3n) is 6.66. The molecular weight excluding hydrogens is 499 g/mol. The van der Waals surface area contributed by atoms with Crippen molar-refractivity contribution in [3.8, 4) is 11.4 Å². The van der Waals surface area contributed by atoms with Gasteiger partial charge in [-0.3, -0.25) is 4.98 Å². The molecule has 2 aromatic heterocycles. The third kappa shape index (κ3) is 4.05. The monoisotopic (exact) mass is 522 g/mol. The highest BCUT2D eigenvalue weighted by atomic mass is 35.5. The summed E-state index contributed by atoms with van der Waals surface area (Å²) in [6.07, 6.45) is 1.78. The minimum atomic E-state index is -0.277. The molecule has 1 fully saturated rings. The Morgan fingerprint density at radius 1 is 0.943 bits per heavy atom. The maximum atomic E-state index is 10.8. The van der Waals surface area contributed by atoms with Gasteiger partial charge in [0, 0.05) is 38.9 Å². The van der Waals surface area contributed by atoms with Crippen LogP contribution in [0.5, 0.6) is 5.75 Å². The van der Waals surface area contributed by atoms with E-state index in [0.717, 1.165) is 33.9 Å². The number of nitrogens with one attached hydrogen (secondary N) is 1. The van der Waals surface area contributed by atoms with Crippen molar-refractivity contribution in [1.29, 1.82) is 0 Å². The molecule has 0 bridgehead atoms. The van der Waals surface area contributed by atoms with Gasteiger partial charge in [-0.25, -0.2) is 0 Å². The van der Waals surface area contributed by atoms with Crippen molar-refractivity contribution in [2.45, 2.75) is 32.9 Å². The molecule has 8 heteroatoms. The number of benzene rings is 2. The van der Waals surface area contributed by atoms with Crippen molar-refractivity contribution in [2.75, 3.05) is 4.90 Å². The van der Waals surface area contributed by atoms with Crippen LogP contribution < -0.4 is 10.2 Å². The van der Waals surface area contributed by atoms with Crippen molar-refractivity contribution >= 4 is 46.2 Å². The number of hydrogen-bond acceptors (Lipinski definition) is 3. The van der Waals surface area contributed by atoms with Crippen molar-refractivity contribution in [3.05, 3.63) is 105 Å². The summed E-state index contributed by atoms with van der Waals surface area (Å²) in [5, 5.41) is 16.0. The van der Waals surface area contributed by atoms with E-state index in [9.17, 15) is 5.11 Å². The Bertz CT molecular complexity index is 1440. The Labute approximate surface area is 219 Å². The van der Waals surface area contributed by atoms with Crippen LogP contribution >= 0.6 is 35.4 Å². The van der Waals surface area contributed by atoms with E-state index in [2.05, 4.69) is 35.6 Å². The van der Waals surface area contributed by atoms with Gasteiger partial charge >= 0.3 is 0 Å². The number of anilines is 1. The summed E-state index contributed by atoms with van der Waals surface area (Å²) in [6, 6.07) is 18.1. The second-order valence-electron chi connectivity index (χ2n) is 8.65. The van der Waals surface area contributed by atoms with Crippen LogP contribution in [0.4, 0.5) is 5.69 Å². The molecule has 1 saturated heterocycles. The van der Waals surface area contributed by atoms with Gasteiger partial charge in [-0.1, -0.05) is 35.3 Å². The zero-order valence-electron chi connectivity index (χ0n) is 19.5. The molecule has 35 heavy (non-hydrogen) atoms. The number of phenolic OH excluding ortho intramolecular Hbond substituents is 1. The molecule has 0 unspecified atom stereocenters. The molecular formula is C27H24Cl2N4OS. The number of hydrogen-bond donors (Lipinski definition) is 2. The van der Waals surface area contributed by atoms with Gasteiger partial charge in [0.05, 0.1) is 23.5 Å². The molecule has 0 spiro atoms. The molecule has 5 nitrogen and oxygen atoms in total. The molecule has 1 aliphatic rings. The van der Waals surface area contributed by atoms with Crippen LogP contribution in [0.2, 0.25) is 10.0 Å². The fourth-order valence-corrected chi connectivity index (χ4v) is 5.73. The average molecular weight is 523 g/mol. The first-order valence-corrected chi connectivity index (χ1v) is 12.4. The number of rotatable bonds is 4. The maximum absolute atomic E-state index is 10.8. The van der Waals surface area contributed by atoms with Gasteiger partial charge in [-0.2, -0.15) is 0 Å². The summed E-state index contributed by atoms with van der Waals surface area (Å²) in [4.78, 5) is 6.59. The number of halogens is 2. The Kier molecular flexibility index (Phi) is 6.21. The van der Waals surface area contributed by atoms with Crippen molar-refractivity contribution in [2.24, 2.45) is 0 Å². The first-order valence-electron chi connectivity index (χ1n) is 11.2. The molecule has 3 heterocycles. The lowest BCUT2D eigenvalue weighted by atomic mass is 9.93. The van der Waals surface area contributed by atoms with E-state index in [1.807, 2.05) is 47.4 Å². The Balaban J connectivity index is 1.76. The Hall–Kier alpha value is -3.06. The fourth-order valence-electron chi connectivity index (χ4n) is 5.04. The van der Waals surface area contributed by atoms with Crippen molar-refractivity contribution in [1.82, 2.24) is 14.9 Å². The molecule has 2 atom stereocenters. The minimum Gasteiger partial charge on any atom is -0.506 e. The zero-order chi connectivity index (χ0) is 24.9. The van der Waals surface area contributed by atoms with Crippen molar-refractivity contribution in [3.63, 3.8) is 0 Å². The van der Waals surface area contributed by atoms with Crippen LogP contribution in [0.15, 0.2) is 66.9 Å². The molecule has 0 aliphatic carbocycles. The highest BCUT2D eigenvalue weighted by Gasteiger charge is 2.44. The number of nitrogens with zero attached hydrogens (tertiary/aromatic N) is 3. The summed E-state index contributed by atoms with van der Waals surface area (Å²) in [5.74, 6) is 0.103. The molecule has 5 rings (SSSR count). The standard InChI is InChI=1S/C27H24Cl2N4OS/c1-15-16(2)32(20-8-6-7-18(28)13-20)17(3)24(15)26-25(21-9-4-5-12-30-21)31-27(35)33(26)22-14-19(29)10-11-23(22)34/h4-14,25-26,34H,1-3H3,(H,31,35)/t25-,26+/m1/s1. The zero-order valence-corrected chi connectivity index (χ0v) is 21.8. The van der Waals surface area contributed by atoms with Crippen molar-refractivity contribution < 1.29 is 5.11 Å². The van der Waals surface area contributed by atoms with E-state index >= 15 is 0 Å². The second-order valence-corrected chi connectivity index (χ2v) is 9.91. The smallest absolute Gasteiger partial charge is 0.174 e. The summed E-state index contributed by atoms with van der Waals surface area (Å²) in [7, 11) is 0. The highest BCUT2D eigenvalue weighted by Crippen LogP contribution is 2.47. The largest absolute Gasteiger partial charge is 0.506 e. The van der Waals surface area contributed by atoms with Gasteiger partial charge in [-0.15, -0.1) is 0 Å². The van der Waals surface area contributed by atoms with Gasteiger partial charge in [0.15, 0.2) is 5.11 Å². The van der Waals surface area contributed by atoms with E-state index in [0.29, 0.717) is 20.8 Å². The van der Waals surface area contributed by atoms with E-state index in [1.165, 1.54) is 0 Å². The fraction of sp³-hybridized carbons (Fsp3) is 0.185. The first kappa shape index (κ1) is 23.7. The molecule has 1 aliphatic heterocycles. The molecule has 0 saturated carbocycles. The van der Waals surface area contributed by atoms with Crippen LogP contribution in [0.25, 0.3) is 5.69 Å². The molecule has 0 amide bonds. The Morgan fingerprint density at radius 2 is 1.71 bits per heavy atom. The number of aromatic hydroxyl groups is 1. The average Bonchev–Trinajstić information content (AvgIpc) is 3.28. The normalized spacial score (nSPS) is 17.6. The summed E-state index contributed by atoms with van der Waals surface area (Å²) in [6.45, 7) is 6.32. The summed E-state index contributed by atoms with van der Waals surface area (Å²) >= 11 is 18.5. The SMILES string of the molecule is Cc1c([C@H]2[C@@H](c3ccccn3)NC(=S)N2c2cc(Cl)ccc2O)c(C)n(-c2cccc(Cl)c2)c1C. The first-order chi connectivity index (χ1) is 16.8. The minimum absolute atomic E-state index is 0.103. The summed E-state index contributed by atoms with van der Waals surface area (Å²) < 4.78 is 2.21. The van der Waals surface area contributed by atoms with E-state index in [4.69, 9.17) is 35.4 Å². The van der Waals surface area contributed by atoms with Crippen LogP contribution in [-0.4, -0.2) is 19.8 Å². The molecule has 0 radical (unpaired) electrons. The van der Waals surface area contributed by atoms with Crippen LogP contribution in [-0.2, 0) is 0 Å². The maximum Gasteiger partial charge on any atom is 0.174 e. The predicted molar refractivity (Wildman–Crippen MR) is 146 cm³/mol. The van der Waals surface area contributed by atoms with Gasteiger partial charge in [0.2, 0.25) is 0 Å². The van der Waals surface area contributed by atoms with Gasteiger partial charge in [-0.05, 0) is 87.1 Å². The molecule has 2 N–H and O–H groups in total. The van der Waals surface area contributed by atoms with E-state index in [-0.39, 0.29) is 17.8 Å². The molecule has 178 valence electrons. The topological polar surface area (TPSA) is 53.3 Å². The van der Waals surface area contributed by atoms with Gasteiger partial charge < -0.3 is 19.9 Å². The lowest BCUT2D eigenvalue weighted by Crippen LogP contribution is -2.30. The number of pyridine rings is 1. The van der Waals surface area contributed by atoms with E-state index < -0.39 is 0 Å². The summed E-state index contributed by atoms with van der Waals surface area (Å²) in [5.41, 5.74) is 6.79. The Morgan fingerprint density at radius 3 is 2.43 bits per heavy atom. The number of thiocarbonyl (C=S) groups is 1. The lowest BCUT2D eigenvalue weighted by Gasteiger charge is -2.29. The number of phenols is 1. The quantitative estimate of drug-likeness (QED) is 0.283. The second kappa shape index (κ2) is 9.19. The van der Waals surface area contributed by atoms with Gasteiger partial charge in [0.1, 0.15) is 5.75 Å². The highest BCUT2D eigenvalue weighted by molar-refractivity contribution is 7.80. The molecule has 2 aromatic carbocycles. The van der Waals surface area contributed by atoms with E-state index in [1.54, 1.807) is 24.4 Å². The lowest BCUT2D eigenvalue weighted by molar-refractivity contribution is 0.472. The number of aromatic nitrogens is 2.